The molecule has 1 saturated heterocycles. The van der Waals surface area contributed by atoms with Crippen LogP contribution in [0.5, 0.6) is 5.75 Å². The van der Waals surface area contributed by atoms with Crippen molar-refractivity contribution >= 4 is 34.6 Å². The predicted molar refractivity (Wildman–Crippen MR) is 128 cm³/mol. The number of hydrogen-bond donors (Lipinski definition) is 1. The second-order valence-electron chi connectivity index (χ2n) is 8.09. The van der Waals surface area contributed by atoms with Gasteiger partial charge in [0.25, 0.3) is 0 Å². The van der Waals surface area contributed by atoms with Crippen LogP contribution in [0.2, 0.25) is 5.02 Å². The van der Waals surface area contributed by atoms with Crippen molar-refractivity contribution in [3.8, 4) is 5.75 Å². The van der Waals surface area contributed by atoms with Gasteiger partial charge in [0.2, 0.25) is 0 Å². The number of anilines is 1. The highest BCUT2D eigenvalue weighted by Gasteiger charge is 2.42. The zero-order chi connectivity index (χ0) is 21.4. The van der Waals surface area contributed by atoms with E-state index in [4.69, 9.17) is 28.6 Å². The van der Waals surface area contributed by atoms with Crippen LogP contribution < -0.4 is 15.0 Å². The van der Waals surface area contributed by atoms with Gasteiger partial charge in [-0.1, -0.05) is 30.5 Å². The van der Waals surface area contributed by atoms with E-state index in [1.165, 1.54) is 31.4 Å². The fourth-order valence-corrected chi connectivity index (χ4v) is 5.51. The highest BCUT2D eigenvalue weighted by atomic mass is 35.5. The summed E-state index contributed by atoms with van der Waals surface area (Å²) < 4.78 is 7.80. The summed E-state index contributed by atoms with van der Waals surface area (Å²) >= 11 is 12.3. The molecular formula is C24H25ClN4OS. The van der Waals surface area contributed by atoms with Gasteiger partial charge < -0.3 is 19.5 Å². The Bertz CT molecular complexity index is 1080. The zero-order valence-corrected chi connectivity index (χ0v) is 18.9. The van der Waals surface area contributed by atoms with E-state index in [0.29, 0.717) is 21.9 Å². The third-order valence-corrected chi connectivity index (χ3v) is 6.95. The van der Waals surface area contributed by atoms with Crippen molar-refractivity contribution in [2.75, 3.05) is 12.0 Å². The maximum absolute atomic E-state index is 6.48. The van der Waals surface area contributed by atoms with Crippen LogP contribution >= 0.6 is 23.8 Å². The number of rotatable bonds is 5. The maximum atomic E-state index is 6.48. The van der Waals surface area contributed by atoms with Crippen LogP contribution in [0.25, 0.3) is 0 Å². The number of nitrogens with zero attached hydrogens (tertiary/aromatic N) is 3. The van der Waals surface area contributed by atoms with Gasteiger partial charge in [-0.3, -0.25) is 4.98 Å². The lowest BCUT2D eigenvalue weighted by Crippen LogP contribution is -2.30. The van der Waals surface area contributed by atoms with Crippen LogP contribution in [0.1, 0.15) is 55.2 Å². The summed E-state index contributed by atoms with van der Waals surface area (Å²) in [6, 6.07) is 16.6. The molecule has 0 spiro atoms. The van der Waals surface area contributed by atoms with Crippen LogP contribution in [0.4, 0.5) is 5.69 Å². The molecule has 2 aromatic heterocycles. The first kappa shape index (κ1) is 20.3. The topological polar surface area (TPSA) is 42.3 Å². The van der Waals surface area contributed by atoms with Crippen LogP contribution in [0.15, 0.2) is 60.9 Å². The van der Waals surface area contributed by atoms with Crippen LogP contribution in [0, 0.1) is 0 Å². The quantitative estimate of drug-likeness (QED) is 0.493. The molecule has 1 aliphatic carbocycles. The van der Waals surface area contributed by atoms with Crippen molar-refractivity contribution in [1.82, 2.24) is 14.9 Å². The minimum atomic E-state index is -0.0652. The summed E-state index contributed by atoms with van der Waals surface area (Å²) in [4.78, 5) is 6.82. The van der Waals surface area contributed by atoms with Crippen LogP contribution in [0.3, 0.4) is 0 Å². The number of methoxy groups -OCH3 is 1. The van der Waals surface area contributed by atoms with Crippen molar-refractivity contribution in [3.63, 3.8) is 0 Å². The maximum Gasteiger partial charge on any atom is 0.174 e. The standard InChI is InChI=1S/C24H25ClN4OS/c1-30-21-12-11-17(15-18(21)25)29-23(20-10-6-14-28(20)16-7-2-3-8-16)22(27-24(29)31)19-9-4-5-13-26-19/h4-6,9-16,22-23H,2-3,7-8H2,1H3,(H,27,31)/t22-,23-/m1/s1. The molecule has 3 heterocycles. The number of ether oxygens (including phenoxy) is 1. The zero-order valence-electron chi connectivity index (χ0n) is 17.4. The molecule has 160 valence electrons. The Morgan fingerprint density at radius 1 is 1.13 bits per heavy atom. The molecule has 2 fully saturated rings. The molecule has 7 heteroatoms. The summed E-state index contributed by atoms with van der Waals surface area (Å²) in [7, 11) is 1.62. The largest absolute Gasteiger partial charge is 0.495 e. The number of thiocarbonyl (C=S) groups is 1. The minimum absolute atomic E-state index is 0.0394. The van der Waals surface area contributed by atoms with Gasteiger partial charge in [-0.2, -0.15) is 0 Å². The fourth-order valence-electron chi connectivity index (χ4n) is 4.91. The molecule has 1 saturated carbocycles. The average molecular weight is 453 g/mol. The summed E-state index contributed by atoms with van der Waals surface area (Å²) in [6.45, 7) is 0. The fraction of sp³-hybridized carbons (Fsp3) is 0.333. The van der Waals surface area contributed by atoms with Gasteiger partial charge in [0.1, 0.15) is 11.8 Å². The normalized spacial score (nSPS) is 21.5. The highest BCUT2D eigenvalue weighted by molar-refractivity contribution is 7.80. The molecule has 2 aliphatic rings. The number of hydrogen-bond acceptors (Lipinski definition) is 3. The van der Waals surface area contributed by atoms with Crippen LogP contribution in [-0.2, 0) is 0 Å². The van der Waals surface area contributed by atoms with E-state index in [2.05, 4.69) is 44.2 Å². The molecule has 31 heavy (non-hydrogen) atoms. The monoisotopic (exact) mass is 452 g/mol. The van der Waals surface area contributed by atoms with Crippen molar-refractivity contribution in [3.05, 3.63) is 77.3 Å². The van der Waals surface area contributed by atoms with E-state index in [1.807, 2.05) is 36.5 Å². The van der Waals surface area contributed by atoms with E-state index in [0.717, 1.165) is 11.4 Å². The van der Waals surface area contributed by atoms with Gasteiger partial charge >= 0.3 is 0 Å². The lowest BCUT2D eigenvalue weighted by molar-refractivity contribution is 0.415. The van der Waals surface area contributed by atoms with E-state index in [1.54, 1.807) is 7.11 Å². The molecule has 0 unspecified atom stereocenters. The first-order chi connectivity index (χ1) is 15.2. The molecule has 0 bridgehead atoms. The van der Waals surface area contributed by atoms with Gasteiger partial charge in [-0.05, 0) is 67.5 Å². The van der Waals surface area contributed by atoms with E-state index in [-0.39, 0.29) is 12.1 Å². The minimum Gasteiger partial charge on any atom is -0.495 e. The van der Waals surface area contributed by atoms with Gasteiger partial charge in [0.05, 0.1) is 23.9 Å². The molecule has 2 atom stereocenters. The molecule has 0 radical (unpaired) electrons. The Kier molecular flexibility index (Phi) is 5.59. The van der Waals surface area contributed by atoms with Crippen molar-refractivity contribution < 1.29 is 4.74 Å². The molecule has 0 amide bonds. The molecule has 1 aromatic carbocycles. The number of halogens is 1. The van der Waals surface area contributed by atoms with Gasteiger partial charge in [-0.15, -0.1) is 0 Å². The molecule has 5 rings (SSSR count). The molecule has 1 aliphatic heterocycles. The Morgan fingerprint density at radius 2 is 1.97 bits per heavy atom. The molecule has 1 N–H and O–H groups in total. The number of nitrogens with one attached hydrogen (secondary N) is 1. The lowest BCUT2D eigenvalue weighted by atomic mass is 10.00. The van der Waals surface area contributed by atoms with Crippen molar-refractivity contribution in [2.24, 2.45) is 0 Å². The van der Waals surface area contributed by atoms with Crippen LogP contribution in [-0.4, -0.2) is 21.8 Å². The smallest absolute Gasteiger partial charge is 0.174 e. The Hall–Kier alpha value is -2.57. The van der Waals surface area contributed by atoms with E-state index in [9.17, 15) is 0 Å². The molecular weight excluding hydrogens is 428 g/mol. The highest BCUT2D eigenvalue weighted by Crippen LogP contribution is 2.44. The third-order valence-electron chi connectivity index (χ3n) is 6.34. The van der Waals surface area contributed by atoms with Gasteiger partial charge in [0.15, 0.2) is 5.11 Å². The summed E-state index contributed by atoms with van der Waals surface area (Å²) in [5, 5.41) is 4.76. The first-order valence-electron chi connectivity index (χ1n) is 10.7. The molecule has 5 nitrogen and oxygen atoms in total. The van der Waals surface area contributed by atoms with Gasteiger partial charge in [0, 0.05) is 29.8 Å². The SMILES string of the molecule is COc1ccc(N2C(=S)N[C@H](c3ccccn3)[C@H]2c2cccn2C2CCCC2)cc1Cl. The second-order valence-corrected chi connectivity index (χ2v) is 8.89. The number of pyridine rings is 1. The molecule has 3 aromatic rings. The number of aromatic nitrogens is 2. The summed E-state index contributed by atoms with van der Waals surface area (Å²) in [5.74, 6) is 0.649. The average Bonchev–Trinajstić information content (AvgIpc) is 3.53. The Morgan fingerprint density at radius 3 is 2.68 bits per heavy atom. The lowest BCUT2D eigenvalue weighted by Gasteiger charge is -2.30. The van der Waals surface area contributed by atoms with Crippen molar-refractivity contribution in [1.29, 1.82) is 0 Å². The van der Waals surface area contributed by atoms with Gasteiger partial charge in [-0.25, -0.2) is 0 Å². The number of benzene rings is 1. The first-order valence-corrected chi connectivity index (χ1v) is 11.5. The van der Waals surface area contributed by atoms with Crippen molar-refractivity contribution in [2.45, 2.75) is 43.8 Å². The summed E-state index contributed by atoms with van der Waals surface area (Å²) in [5.41, 5.74) is 3.14. The van der Waals surface area contributed by atoms with E-state index < -0.39 is 0 Å². The predicted octanol–water partition coefficient (Wildman–Crippen LogP) is 5.84. The van der Waals surface area contributed by atoms with E-state index >= 15 is 0 Å². The third kappa shape index (κ3) is 3.68. The Balaban J connectivity index is 1.62. The summed E-state index contributed by atoms with van der Waals surface area (Å²) in [6.07, 6.45) is 9.04. The second kappa shape index (κ2) is 8.52. The Labute approximate surface area is 193 Å².